The fourth-order valence-corrected chi connectivity index (χ4v) is 3.61. The summed E-state index contributed by atoms with van der Waals surface area (Å²) >= 11 is 0. The molecule has 1 aliphatic heterocycles. The molecule has 0 spiro atoms. The van der Waals surface area contributed by atoms with Crippen LogP contribution in [0.1, 0.15) is 18.9 Å². The first kappa shape index (κ1) is 17.9. The number of hydrogen-bond acceptors (Lipinski definition) is 3. The third-order valence-electron chi connectivity index (χ3n) is 5.02. The Bertz CT molecular complexity index is 1040. The van der Waals surface area contributed by atoms with Gasteiger partial charge in [0.15, 0.2) is 0 Å². The van der Waals surface area contributed by atoms with Crippen LogP contribution in [0, 0.1) is 5.92 Å². The number of anilines is 1. The van der Waals surface area contributed by atoms with Crippen LogP contribution in [-0.2, 0) is 11.2 Å². The summed E-state index contributed by atoms with van der Waals surface area (Å²) in [5.74, 6) is -0.691. The molecule has 7 heteroatoms. The molecule has 4 rings (SSSR count). The second kappa shape index (κ2) is 7.64. The molecular formula is C21H21N5O2. The standard InChI is InChI=1S/C21H21N5O2/c1-13-19(20(27)24-16-8-10-17-15(11-16)12-22-26-17)18(25-21(28)23-13)9-7-14-5-3-2-4-6-14/h2-6,8,10-12,18-19H,7,9H2,1H3,(H,22,26)(H,24,27)(H,25,28). The molecule has 2 unspecified atom stereocenters. The van der Waals surface area contributed by atoms with Gasteiger partial charge in [0.05, 0.1) is 17.6 Å². The molecule has 2 atom stereocenters. The van der Waals surface area contributed by atoms with Gasteiger partial charge in [-0.15, -0.1) is 0 Å². The van der Waals surface area contributed by atoms with E-state index in [1.807, 2.05) is 48.5 Å². The quantitative estimate of drug-likeness (QED) is 0.638. The van der Waals surface area contributed by atoms with E-state index in [1.54, 1.807) is 13.1 Å². The van der Waals surface area contributed by atoms with Crippen LogP contribution in [0.2, 0.25) is 0 Å². The predicted molar refractivity (Wildman–Crippen MR) is 108 cm³/mol. The summed E-state index contributed by atoms with van der Waals surface area (Å²) < 4.78 is 0. The monoisotopic (exact) mass is 375 g/mol. The van der Waals surface area contributed by atoms with E-state index in [1.165, 1.54) is 5.56 Å². The molecule has 3 N–H and O–H groups in total. The Morgan fingerprint density at radius 3 is 2.82 bits per heavy atom. The zero-order valence-corrected chi connectivity index (χ0v) is 15.5. The van der Waals surface area contributed by atoms with Crippen LogP contribution >= 0.6 is 0 Å². The van der Waals surface area contributed by atoms with E-state index in [0.29, 0.717) is 17.8 Å². The third-order valence-corrected chi connectivity index (χ3v) is 5.02. The maximum absolute atomic E-state index is 13.0. The molecule has 7 nitrogen and oxygen atoms in total. The molecule has 3 aromatic rings. The largest absolute Gasteiger partial charge is 0.341 e. The molecule has 0 saturated carbocycles. The van der Waals surface area contributed by atoms with E-state index in [4.69, 9.17) is 0 Å². The normalized spacial score (nSPS) is 19.2. The minimum absolute atomic E-state index is 0.179. The number of carbonyl (C=O) groups is 2. The SMILES string of the molecule is CC1=NC(=O)NC(CCc2ccccc2)C1C(=O)Nc1ccc2[nH]ncc2c1. The van der Waals surface area contributed by atoms with Gasteiger partial charge in [0, 0.05) is 22.8 Å². The molecule has 0 bridgehead atoms. The number of nitrogens with zero attached hydrogens (tertiary/aromatic N) is 2. The van der Waals surface area contributed by atoms with Crippen molar-refractivity contribution in [1.82, 2.24) is 15.5 Å². The number of amides is 3. The number of aromatic nitrogens is 2. The molecule has 28 heavy (non-hydrogen) atoms. The fourth-order valence-electron chi connectivity index (χ4n) is 3.61. The molecule has 0 saturated heterocycles. The van der Waals surface area contributed by atoms with Crippen molar-refractivity contribution in [3.05, 3.63) is 60.3 Å². The summed E-state index contributed by atoms with van der Waals surface area (Å²) in [5, 5.41) is 13.6. The van der Waals surface area contributed by atoms with Gasteiger partial charge in [0.2, 0.25) is 5.91 Å². The Labute approximate surface area is 162 Å². The molecule has 2 heterocycles. The molecule has 3 amide bonds. The van der Waals surface area contributed by atoms with Crippen LogP contribution in [0.15, 0.2) is 59.7 Å². The third kappa shape index (κ3) is 3.78. The summed E-state index contributed by atoms with van der Waals surface area (Å²) in [6.07, 6.45) is 3.13. The number of hydrogen-bond donors (Lipinski definition) is 3. The van der Waals surface area contributed by atoms with E-state index in [9.17, 15) is 9.59 Å². The highest BCUT2D eigenvalue weighted by Gasteiger charge is 2.35. The summed E-state index contributed by atoms with van der Waals surface area (Å²) in [7, 11) is 0. The van der Waals surface area contributed by atoms with Crippen molar-refractivity contribution in [2.75, 3.05) is 5.32 Å². The lowest BCUT2D eigenvalue weighted by Crippen LogP contribution is -2.51. The van der Waals surface area contributed by atoms with Gasteiger partial charge in [-0.2, -0.15) is 5.10 Å². The van der Waals surface area contributed by atoms with Crippen molar-refractivity contribution in [2.24, 2.45) is 10.9 Å². The van der Waals surface area contributed by atoms with E-state index in [0.717, 1.165) is 17.3 Å². The van der Waals surface area contributed by atoms with Crippen LogP contribution in [0.25, 0.3) is 10.9 Å². The Morgan fingerprint density at radius 2 is 2.00 bits per heavy atom. The van der Waals surface area contributed by atoms with Crippen molar-refractivity contribution in [3.8, 4) is 0 Å². The Morgan fingerprint density at radius 1 is 1.18 bits per heavy atom. The van der Waals surface area contributed by atoms with Gasteiger partial charge < -0.3 is 10.6 Å². The van der Waals surface area contributed by atoms with Gasteiger partial charge in [-0.25, -0.2) is 9.79 Å². The van der Waals surface area contributed by atoms with Gasteiger partial charge in [-0.05, 0) is 43.5 Å². The van der Waals surface area contributed by atoms with Crippen LogP contribution in [0.4, 0.5) is 10.5 Å². The number of urea groups is 1. The Hall–Kier alpha value is -3.48. The Balaban J connectivity index is 1.51. The number of fused-ring (bicyclic) bond motifs is 1. The van der Waals surface area contributed by atoms with Gasteiger partial charge in [0.1, 0.15) is 0 Å². The summed E-state index contributed by atoms with van der Waals surface area (Å²) in [5.41, 5.74) is 3.29. The van der Waals surface area contributed by atoms with Crippen LogP contribution < -0.4 is 10.6 Å². The molecule has 0 fully saturated rings. The zero-order chi connectivity index (χ0) is 19.5. The van der Waals surface area contributed by atoms with Crippen molar-refractivity contribution in [3.63, 3.8) is 0 Å². The van der Waals surface area contributed by atoms with Crippen LogP contribution in [-0.4, -0.2) is 33.9 Å². The maximum atomic E-state index is 13.0. The first-order valence-electron chi connectivity index (χ1n) is 9.24. The summed E-state index contributed by atoms with van der Waals surface area (Å²) in [6.45, 7) is 1.73. The maximum Gasteiger partial charge on any atom is 0.341 e. The van der Waals surface area contributed by atoms with Crippen molar-refractivity contribution < 1.29 is 9.59 Å². The lowest BCUT2D eigenvalue weighted by atomic mass is 9.88. The highest BCUT2D eigenvalue weighted by Crippen LogP contribution is 2.22. The molecule has 2 aromatic carbocycles. The highest BCUT2D eigenvalue weighted by atomic mass is 16.2. The van der Waals surface area contributed by atoms with E-state index in [-0.39, 0.29) is 18.0 Å². The summed E-state index contributed by atoms with van der Waals surface area (Å²) in [4.78, 5) is 28.9. The molecule has 0 radical (unpaired) electrons. The van der Waals surface area contributed by atoms with Gasteiger partial charge in [0.25, 0.3) is 0 Å². The average molecular weight is 375 g/mol. The number of benzene rings is 2. The number of aliphatic imine (C=N–C) groups is 1. The number of aromatic amines is 1. The predicted octanol–water partition coefficient (Wildman–Crippen LogP) is 3.30. The van der Waals surface area contributed by atoms with Gasteiger partial charge in [-0.1, -0.05) is 30.3 Å². The summed E-state index contributed by atoms with van der Waals surface area (Å²) in [6, 6.07) is 14.9. The molecule has 1 aromatic heterocycles. The number of nitrogens with one attached hydrogen (secondary N) is 3. The smallest absolute Gasteiger partial charge is 0.332 e. The van der Waals surface area contributed by atoms with Crippen LogP contribution in [0.5, 0.6) is 0 Å². The minimum atomic E-state index is -0.513. The number of H-pyrrole nitrogens is 1. The van der Waals surface area contributed by atoms with Gasteiger partial charge in [-0.3, -0.25) is 9.89 Å². The topological polar surface area (TPSA) is 99.2 Å². The number of rotatable bonds is 5. The first-order valence-corrected chi connectivity index (χ1v) is 9.24. The minimum Gasteiger partial charge on any atom is -0.332 e. The van der Waals surface area contributed by atoms with E-state index < -0.39 is 5.92 Å². The number of carbonyl (C=O) groups excluding carboxylic acids is 2. The molecular weight excluding hydrogens is 354 g/mol. The lowest BCUT2D eigenvalue weighted by Gasteiger charge is -2.30. The van der Waals surface area contributed by atoms with E-state index >= 15 is 0 Å². The molecule has 0 aliphatic carbocycles. The van der Waals surface area contributed by atoms with Crippen molar-refractivity contribution in [1.29, 1.82) is 0 Å². The average Bonchev–Trinajstić information content (AvgIpc) is 3.14. The first-order chi connectivity index (χ1) is 13.6. The van der Waals surface area contributed by atoms with Crippen molar-refractivity contribution >= 4 is 34.2 Å². The molecule has 142 valence electrons. The second-order valence-electron chi connectivity index (χ2n) is 6.97. The highest BCUT2D eigenvalue weighted by molar-refractivity contribution is 6.13. The van der Waals surface area contributed by atoms with Crippen molar-refractivity contribution in [2.45, 2.75) is 25.8 Å². The number of aryl methyl sites for hydroxylation is 1. The zero-order valence-electron chi connectivity index (χ0n) is 15.5. The molecule has 1 aliphatic rings. The fraction of sp³-hybridized carbons (Fsp3) is 0.238. The Kier molecular flexibility index (Phi) is 4.89. The van der Waals surface area contributed by atoms with Crippen LogP contribution in [0.3, 0.4) is 0 Å². The second-order valence-corrected chi connectivity index (χ2v) is 6.97. The lowest BCUT2D eigenvalue weighted by molar-refractivity contribution is -0.118. The van der Waals surface area contributed by atoms with Gasteiger partial charge >= 0.3 is 6.03 Å². The van der Waals surface area contributed by atoms with E-state index in [2.05, 4.69) is 25.8 Å².